The Morgan fingerprint density at radius 3 is 2.43 bits per heavy atom. The molecule has 2 heterocycles. The summed E-state index contributed by atoms with van der Waals surface area (Å²) in [4.78, 5) is 25.8. The first-order chi connectivity index (χ1) is 10.2. The largest absolute Gasteiger partial charge is 0.381 e. The van der Waals surface area contributed by atoms with Crippen molar-refractivity contribution in [3.05, 3.63) is 0 Å². The number of rotatable bonds is 5. The molecule has 2 aliphatic rings. The third kappa shape index (κ3) is 5.26. The molecule has 0 saturated carbocycles. The smallest absolute Gasteiger partial charge is 0.239 e. The minimum Gasteiger partial charge on any atom is -0.381 e. The lowest BCUT2D eigenvalue weighted by Crippen LogP contribution is -2.51. The van der Waals surface area contributed by atoms with Crippen LogP contribution in [0, 0.1) is 0 Å². The lowest BCUT2D eigenvalue weighted by molar-refractivity contribution is -0.137. The highest BCUT2D eigenvalue weighted by atomic mass is 16.5. The zero-order valence-electron chi connectivity index (χ0n) is 12.6. The number of ether oxygens (including phenoxy) is 2. The van der Waals surface area contributed by atoms with E-state index in [0.29, 0.717) is 39.5 Å². The Labute approximate surface area is 125 Å². The van der Waals surface area contributed by atoms with Crippen LogP contribution in [0.25, 0.3) is 0 Å². The van der Waals surface area contributed by atoms with Gasteiger partial charge in [0.2, 0.25) is 11.8 Å². The highest BCUT2D eigenvalue weighted by Crippen LogP contribution is 2.05. The molecule has 0 aromatic carbocycles. The van der Waals surface area contributed by atoms with Crippen molar-refractivity contribution in [3.8, 4) is 0 Å². The first-order valence-corrected chi connectivity index (χ1v) is 7.64. The van der Waals surface area contributed by atoms with Crippen molar-refractivity contribution in [3.63, 3.8) is 0 Å². The maximum absolute atomic E-state index is 12.2. The van der Waals surface area contributed by atoms with Crippen molar-refractivity contribution in [1.29, 1.82) is 0 Å². The molecular formula is C14H25N3O4. The molecule has 2 amide bonds. The number of carbonyl (C=O) groups is 2. The van der Waals surface area contributed by atoms with Crippen LogP contribution in [-0.4, -0.2) is 74.9 Å². The predicted molar refractivity (Wildman–Crippen MR) is 76.8 cm³/mol. The molecular weight excluding hydrogens is 274 g/mol. The van der Waals surface area contributed by atoms with Crippen LogP contribution in [0.3, 0.4) is 0 Å². The van der Waals surface area contributed by atoms with Gasteiger partial charge in [-0.25, -0.2) is 0 Å². The standard InChI is InChI=1S/C14H25N3O4/c1-11(14(19)17-4-8-21-9-5-17)15-10-13(18)16-12-2-6-20-7-3-12/h11-12,15H,2-10H2,1H3,(H,16,18). The fourth-order valence-electron chi connectivity index (χ4n) is 2.51. The number of hydrogen-bond donors (Lipinski definition) is 2. The molecule has 0 bridgehead atoms. The molecule has 0 aromatic rings. The quantitative estimate of drug-likeness (QED) is 0.689. The van der Waals surface area contributed by atoms with Crippen LogP contribution >= 0.6 is 0 Å². The number of amides is 2. The van der Waals surface area contributed by atoms with Crippen LogP contribution in [0.15, 0.2) is 0 Å². The Morgan fingerprint density at radius 2 is 1.76 bits per heavy atom. The van der Waals surface area contributed by atoms with Crippen LogP contribution in [0.4, 0.5) is 0 Å². The predicted octanol–water partition coefficient (Wildman–Crippen LogP) is -0.881. The van der Waals surface area contributed by atoms with E-state index in [1.54, 1.807) is 11.8 Å². The first kappa shape index (κ1) is 16.2. The first-order valence-electron chi connectivity index (χ1n) is 7.64. The monoisotopic (exact) mass is 299 g/mol. The van der Waals surface area contributed by atoms with E-state index < -0.39 is 0 Å². The highest BCUT2D eigenvalue weighted by molar-refractivity contribution is 5.83. The highest BCUT2D eigenvalue weighted by Gasteiger charge is 2.23. The molecule has 7 heteroatoms. The van der Waals surface area contributed by atoms with Gasteiger partial charge in [0.15, 0.2) is 0 Å². The van der Waals surface area contributed by atoms with E-state index in [1.165, 1.54) is 0 Å². The Hall–Kier alpha value is -1.18. The molecule has 120 valence electrons. The van der Waals surface area contributed by atoms with Crippen molar-refractivity contribution in [2.24, 2.45) is 0 Å². The van der Waals surface area contributed by atoms with E-state index in [2.05, 4.69) is 10.6 Å². The van der Waals surface area contributed by atoms with E-state index in [4.69, 9.17) is 9.47 Å². The summed E-state index contributed by atoms with van der Waals surface area (Å²) in [5, 5.41) is 5.96. The Bertz CT molecular complexity index is 352. The van der Waals surface area contributed by atoms with Gasteiger partial charge in [-0.15, -0.1) is 0 Å². The zero-order chi connectivity index (χ0) is 15.1. The molecule has 2 saturated heterocycles. The number of nitrogens with zero attached hydrogens (tertiary/aromatic N) is 1. The molecule has 0 radical (unpaired) electrons. The molecule has 2 aliphatic heterocycles. The molecule has 1 unspecified atom stereocenters. The Morgan fingerprint density at radius 1 is 1.14 bits per heavy atom. The topological polar surface area (TPSA) is 79.9 Å². The SMILES string of the molecule is CC(NCC(=O)NC1CCOCC1)C(=O)N1CCOCC1. The Kier molecular flexibility index (Phi) is 6.41. The van der Waals surface area contributed by atoms with Gasteiger partial charge >= 0.3 is 0 Å². The fraction of sp³-hybridized carbons (Fsp3) is 0.857. The van der Waals surface area contributed by atoms with Crippen LogP contribution in [0.5, 0.6) is 0 Å². The van der Waals surface area contributed by atoms with Crippen molar-refractivity contribution < 1.29 is 19.1 Å². The zero-order valence-corrected chi connectivity index (χ0v) is 12.6. The van der Waals surface area contributed by atoms with Gasteiger partial charge in [0, 0.05) is 32.3 Å². The second kappa shape index (κ2) is 8.31. The van der Waals surface area contributed by atoms with Crippen LogP contribution < -0.4 is 10.6 Å². The number of morpholine rings is 1. The summed E-state index contributed by atoms with van der Waals surface area (Å²) in [5.41, 5.74) is 0. The second-order valence-electron chi connectivity index (χ2n) is 5.49. The van der Waals surface area contributed by atoms with Gasteiger partial charge in [-0.3, -0.25) is 14.9 Å². The Balaban J connectivity index is 1.66. The molecule has 7 nitrogen and oxygen atoms in total. The maximum atomic E-state index is 12.2. The minimum absolute atomic E-state index is 0.0252. The van der Waals surface area contributed by atoms with Gasteiger partial charge in [0.1, 0.15) is 0 Å². The summed E-state index contributed by atoms with van der Waals surface area (Å²) < 4.78 is 10.5. The normalized spacial score (nSPS) is 21.9. The molecule has 2 rings (SSSR count). The minimum atomic E-state index is -0.358. The van der Waals surface area contributed by atoms with Gasteiger partial charge in [0.05, 0.1) is 25.8 Å². The molecule has 0 aromatic heterocycles. The summed E-state index contributed by atoms with van der Waals surface area (Å²) >= 11 is 0. The lowest BCUT2D eigenvalue weighted by Gasteiger charge is -2.29. The van der Waals surface area contributed by atoms with Crippen LogP contribution in [-0.2, 0) is 19.1 Å². The van der Waals surface area contributed by atoms with Crippen molar-refractivity contribution in [1.82, 2.24) is 15.5 Å². The molecule has 2 N–H and O–H groups in total. The van der Waals surface area contributed by atoms with Crippen molar-refractivity contribution in [2.45, 2.75) is 31.8 Å². The summed E-state index contributed by atoms with van der Waals surface area (Å²) in [5.74, 6) is -0.0410. The van der Waals surface area contributed by atoms with Crippen molar-refractivity contribution in [2.75, 3.05) is 46.1 Å². The van der Waals surface area contributed by atoms with Gasteiger partial charge < -0.3 is 19.7 Å². The van der Waals surface area contributed by atoms with Gasteiger partial charge in [-0.2, -0.15) is 0 Å². The molecule has 0 aliphatic carbocycles. The second-order valence-corrected chi connectivity index (χ2v) is 5.49. The molecule has 2 fully saturated rings. The van der Waals surface area contributed by atoms with E-state index in [0.717, 1.165) is 12.8 Å². The molecule has 21 heavy (non-hydrogen) atoms. The summed E-state index contributed by atoms with van der Waals surface area (Å²) in [6.45, 7) is 5.77. The number of nitrogens with one attached hydrogen (secondary N) is 2. The van der Waals surface area contributed by atoms with Crippen molar-refractivity contribution >= 4 is 11.8 Å². The lowest BCUT2D eigenvalue weighted by atomic mass is 10.1. The van der Waals surface area contributed by atoms with E-state index in [1.807, 2.05) is 0 Å². The number of hydrogen-bond acceptors (Lipinski definition) is 5. The van der Waals surface area contributed by atoms with Gasteiger partial charge in [-0.05, 0) is 19.8 Å². The maximum Gasteiger partial charge on any atom is 0.239 e. The average molecular weight is 299 g/mol. The molecule has 0 spiro atoms. The van der Waals surface area contributed by atoms with Crippen LogP contribution in [0.2, 0.25) is 0 Å². The summed E-state index contributed by atoms with van der Waals surface area (Å²) in [6, 6.07) is -0.165. The number of carbonyl (C=O) groups excluding carboxylic acids is 2. The fourth-order valence-corrected chi connectivity index (χ4v) is 2.51. The van der Waals surface area contributed by atoms with E-state index in [9.17, 15) is 9.59 Å². The third-order valence-electron chi connectivity index (χ3n) is 3.85. The average Bonchev–Trinajstić information content (AvgIpc) is 2.53. The third-order valence-corrected chi connectivity index (χ3v) is 3.85. The van der Waals surface area contributed by atoms with Gasteiger partial charge in [0.25, 0.3) is 0 Å². The van der Waals surface area contributed by atoms with E-state index >= 15 is 0 Å². The van der Waals surface area contributed by atoms with Crippen LogP contribution in [0.1, 0.15) is 19.8 Å². The van der Waals surface area contributed by atoms with E-state index in [-0.39, 0.29) is 30.4 Å². The molecule has 1 atom stereocenters. The summed E-state index contributed by atoms with van der Waals surface area (Å²) in [7, 11) is 0. The van der Waals surface area contributed by atoms with Gasteiger partial charge in [-0.1, -0.05) is 0 Å². The summed E-state index contributed by atoms with van der Waals surface area (Å²) in [6.07, 6.45) is 1.71.